The molecule has 0 aliphatic carbocycles. The van der Waals surface area contributed by atoms with Crippen LogP contribution in [0.5, 0.6) is 5.75 Å². The van der Waals surface area contributed by atoms with Gasteiger partial charge >= 0.3 is 0 Å². The Hall–Kier alpha value is -3.18. The Labute approximate surface area is 164 Å². The highest BCUT2D eigenvalue weighted by atomic mass is 16.5. The van der Waals surface area contributed by atoms with E-state index in [4.69, 9.17) is 14.5 Å². The third-order valence-corrected chi connectivity index (χ3v) is 4.83. The van der Waals surface area contributed by atoms with Gasteiger partial charge in [-0.3, -0.25) is 4.79 Å². The fourth-order valence-corrected chi connectivity index (χ4v) is 3.29. The minimum absolute atomic E-state index is 0.0521. The van der Waals surface area contributed by atoms with Gasteiger partial charge in [-0.1, -0.05) is 18.2 Å². The molecule has 4 rings (SSSR count). The molecule has 1 aromatic heterocycles. The Bertz CT molecular complexity index is 1010. The predicted molar refractivity (Wildman–Crippen MR) is 111 cm³/mol. The van der Waals surface area contributed by atoms with Crippen molar-refractivity contribution in [1.29, 1.82) is 0 Å². The zero-order valence-corrected chi connectivity index (χ0v) is 15.8. The quantitative estimate of drug-likeness (QED) is 0.499. The van der Waals surface area contributed by atoms with Crippen LogP contribution in [0.25, 0.3) is 17.0 Å². The van der Waals surface area contributed by atoms with E-state index in [0.717, 1.165) is 41.1 Å². The van der Waals surface area contributed by atoms with Crippen molar-refractivity contribution in [1.82, 2.24) is 4.98 Å². The van der Waals surface area contributed by atoms with Gasteiger partial charge in [-0.15, -0.1) is 0 Å². The fourth-order valence-electron chi connectivity index (χ4n) is 3.29. The maximum atomic E-state index is 12.6. The second-order valence-electron chi connectivity index (χ2n) is 6.62. The molecule has 2 heterocycles. The van der Waals surface area contributed by atoms with E-state index >= 15 is 0 Å². The summed E-state index contributed by atoms with van der Waals surface area (Å²) < 4.78 is 10.6. The van der Waals surface area contributed by atoms with Crippen molar-refractivity contribution in [3.8, 4) is 5.75 Å². The molecule has 1 aliphatic rings. The van der Waals surface area contributed by atoms with Crippen molar-refractivity contribution in [3.05, 3.63) is 71.8 Å². The molecule has 0 bridgehead atoms. The van der Waals surface area contributed by atoms with Gasteiger partial charge in [0.1, 0.15) is 11.6 Å². The van der Waals surface area contributed by atoms with Gasteiger partial charge in [0.25, 0.3) is 0 Å². The molecule has 2 aromatic carbocycles. The number of methoxy groups -OCH3 is 1. The molecule has 0 spiro atoms. The average Bonchev–Trinajstić information content (AvgIpc) is 2.77. The van der Waals surface area contributed by atoms with Crippen LogP contribution in [-0.2, 0) is 4.74 Å². The molecule has 3 aromatic rings. The third-order valence-electron chi connectivity index (χ3n) is 4.83. The number of ether oxygens (including phenoxy) is 2. The summed E-state index contributed by atoms with van der Waals surface area (Å²) in [6.45, 7) is 2.95. The maximum Gasteiger partial charge on any atom is 0.185 e. The predicted octanol–water partition coefficient (Wildman–Crippen LogP) is 3.98. The zero-order valence-electron chi connectivity index (χ0n) is 15.8. The minimum Gasteiger partial charge on any atom is -0.497 e. The smallest absolute Gasteiger partial charge is 0.185 e. The summed E-state index contributed by atoms with van der Waals surface area (Å²) in [7, 11) is 1.61. The van der Waals surface area contributed by atoms with Crippen molar-refractivity contribution >= 4 is 28.6 Å². The van der Waals surface area contributed by atoms with Crippen LogP contribution in [-0.4, -0.2) is 44.2 Å². The maximum absolute atomic E-state index is 12.6. The molecule has 1 fully saturated rings. The lowest BCUT2D eigenvalue weighted by atomic mass is 10.1. The summed E-state index contributed by atoms with van der Waals surface area (Å²) in [5.41, 5.74) is 2.50. The highest BCUT2D eigenvalue weighted by molar-refractivity contribution is 6.07. The van der Waals surface area contributed by atoms with Crippen molar-refractivity contribution < 1.29 is 14.3 Å². The molecule has 0 amide bonds. The van der Waals surface area contributed by atoms with Crippen molar-refractivity contribution in [3.63, 3.8) is 0 Å². The summed E-state index contributed by atoms with van der Waals surface area (Å²) in [6.07, 6.45) is 3.47. The van der Waals surface area contributed by atoms with Crippen LogP contribution in [0.4, 0.5) is 5.82 Å². The number of hydrogen-bond acceptors (Lipinski definition) is 5. The Morgan fingerprint density at radius 2 is 1.86 bits per heavy atom. The number of carbonyl (C=O) groups is 1. The first-order chi connectivity index (χ1) is 13.7. The number of para-hydroxylation sites is 1. The number of anilines is 1. The van der Waals surface area contributed by atoms with E-state index in [0.29, 0.717) is 18.8 Å². The van der Waals surface area contributed by atoms with E-state index in [2.05, 4.69) is 11.0 Å². The molecule has 0 unspecified atom stereocenters. The van der Waals surface area contributed by atoms with Crippen LogP contribution in [0.1, 0.15) is 15.9 Å². The van der Waals surface area contributed by atoms with Gasteiger partial charge in [-0.25, -0.2) is 4.98 Å². The number of hydrogen-bond donors (Lipinski definition) is 0. The summed E-state index contributed by atoms with van der Waals surface area (Å²) in [6, 6.07) is 17.2. The normalized spacial score (nSPS) is 14.5. The Kier molecular flexibility index (Phi) is 5.35. The molecule has 142 valence electrons. The highest BCUT2D eigenvalue weighted by Gasteiger charge is 2.16. The monoisotopic (exact) mass is 374 g/mol. The van der Waals surface area contributed by atoms with E-state index in [1.165, 1.54) is 0 Å². The topological polar surface area (TPSA) is 51.7 Å². The number of fused-ring (bicyclic) bond motifs is 1. The van der Waals surface area contributed by atoms with E-state index < -0.39 is 0 Å². The lowest BCUT2D eigenvalue weighted by Crippen LogP contribution is -2.37. The number of ketones is 1. The number of allylic oxidation sites excluding steroid dienone is 1. The molecular formula is C23H22N2O3. The Balaban J connectivity index is 1.67. The number of aromatic nitrogens is 1. The summed E-state index contributed by atoms with van der Waals surface area (Å²) >= 11 is 0. The van der Waals surface area contributed by atoms with E-state index in [1.54, 1.807) is 37.5 Å². The largest absolute Gasteiger partial charge is 0.497 e. The second kappa shape index (κ2) is 8.23. The van der Waals surface area contributed by atoms with Crippen LogP contribution in [0.15, 0.2) is 60.7 Å². The first-order valence-electron chi connectivity index (χ1n) is 9.33. The molecule has 0 saturated carbocycles. The van der Waals surface area contributed by atoms with Gasteiger partial charge in [0, 0.05) is 29.6 Å². The Morgan fingerprint density at radius 3 is 2.61 bits per heavy atom. The standard InChI is InChI=1S/C23H22N2O3/c1-27-20-9-6-17(7-10-20)22(26)11-8-19-16-18-4-2-3-5-21(18)24-23(19)25-12-14-28-15-13-25/h2-11,16H,12-15H2,1H3/b11-8+. The molecule has 0 atom stereocenters. The number of nitrogens with zero attached hydrogens (tertiary/aromatic N) is 2. The van der Waals surface area contributed by atoms with Crippen LogP contribution in [0.3, 0.4) is 0 Å². The fraction of sp³-hybridized carbons (Fsp3) is 0.217. The van der Waals surface area contributed by atoms with Gasteiger partial charge < -0.3 is 14.4 Å². The first-order valence-corrected chi connectivity index (χ1v) is 9.33. The summed E-state index contributed by atoms with van der Waals surface area (Å²) in [5, 5.41) is 1.05. The molecule has 5 nitrogen and oxygen atoms in total. The number of morpholine rings is 1. The lowest BCUT2D eigenvalue weighted by molar-refractivity contribution is 0.104. The van der Waals surface area contributed by atoms with Gasteiger partial charge in [0.15, 0.2) is 5.78 Å². The third kappa shape index (κ3) is 3.89. The summed E-state index contributed by atoms with van der Waals surface area (Å²) in [5.74, 6) is 1.57. The molecule has 1 saturated heterocycles. The van der Waals surface area contributed by atoms with E-state index in [-0.39, 0.29) is 5.78 Å². The Morgan fingerprint density at radius 1 is 1.11 bits per heavy atom. The van der Waals surface area contributed by atoms with Crippen LogP contribution < -0.4 is 9.64 Å². The molecular weight excluding hydrogens is 352 g/mol. The average molecular weight is 374 g/mol. The van der Waals surface area contributed by atoms with Crippen LogP contribution in [0, 0.1) is 0 Å². The number of pyridine rings is 1. The number of carbonyl (C=O) groups excluding carboxylic acids is 1. The SMILES string of the molecule is COc1ccc(C(=O)/C=C/c2cc3ccccc3nc2N2CCOCC2)cc1. The van der Waals surface area contributed by atoms with Gasteiger partial charge in [0.2, 0.25) is 0 Å². The van der Waals surface area contributed by atoms with Crippen molar-refractivity contribution in [2.45, 2.75) is 0 Å². The van der Waals surface area contributed by atoms with Gasteiger partial charge in [-0.2, -0.15) is 0 Å². The second-order valence-corrected chi connectivity index (χ2v) is 6.62. The molecule has 5 heteroatoms. The van der Waals surface area contributed by atoms with Crippen LogP contribution in [0.2, 0.25) is 0 Å². The molecule has 28 heavy (non-hydrogen) atoms. The lowest BCUT2D eigenvalue weighted by Gasteiger charge is -2.29. The minimum atomic E-state index is -0.0521. The molecule has 1 aliphatic heterocycles. The molecule has 0 N–H and O–H groups in total. The van der Waals surface area contributed by atoms with E-state index in [9.17, 15) is 4.79 Å². The highest BCUT2D eigenvalue weighted by Crippen LogP contribution is 2.26. The summed E-state index contributed by atoms with van der Waals surface area (Å²) in [4.78, 5) is 19.7. The van der Waals surface area contributed by atoms with Gasteiger partial charge in [0.05, 0.1) is 25.8 Å². The van der Waals surface area contributed by atoms with E-state index in [1.807, 2.05) is 30.3 Å². The number of benzene rings is 2. The van der Waals surface area contributed by atoms with Crippen LogP contribution >= 0.6 is 0 Å². The molecule has 0 radical (unpaired) electrons. The number of rotatable bonds is 5. The van der Waals surface area contributed by atoms with Crippen molar-refractivity contribution in [2.24, 2.45) is 0 Å². The first kappa shape index (κ1) is 18.2. The van der Waals surface area contributed by atoms with Crippen molar-refractivity contribution in [2.75, 3.05) is 38.3 Å². The van der Waals surface area contributed by atoms with Gasteiger partial charge in [-0.05, 0) is 48.6 Å². The zero-order chi connectivity index (χ0) is 19.3.